The summed E-state index contributed by atoms with van der Waals surface area (Å²) in [4.78, 5) is 25.0. The number of likely N-dealkylation sites (N-methyl/N-ethyl adjacent to an activating group) is 1. The van der Waals surface area contributed by atoms with Crippen molar-refractivity contribution in [2.24, 2.45) is 7.05 Å². The second-order valence-electron chi connectivity index (χ2n) is 4.15. The minimum Gasteiger partial charge on any atom is -0.476 e. The van der Waals surface area contributed by atoms with Gasteiger partial charge in [-0.05, 0) is 13.1 Å². The normalized spacial score (nSPS) is 10.7. The summed E-state index contributed by atoms with van der Waals surface area (Å²) in [6, 6.07) is 0. The van der Waals surface area contributed by atoms with Gasteiger partial charge < -0.3 is 15.3 Å². The van der Waals surface area contributed by atoms with E-state index in [1.807, 2.05) is 0 Å². The molecule has 0 radical (unpaired) electrons. The first-order valence-electron chi connectivity index (χ1n) is 6.27. The van der Waals surface area contributed by atoms with Crippen LogP contribution < -0.4 is 5.32 Å². The summed E-state index contributed by atoms with van der Waals surface area (Å²) in [5.74, 6) is -1.60. The van der Waals surface area contributed by atoms with Crippen LogP contribution in [0.4, 0.5) is 0 Å². The highest BCUT2D eigenvalue weighted by Crippen LogP contribution is 2.06. The molecule has 2 N–H and O–H groups in total. The summed E-state index contributed by atoms with van der Waals surface area (Å²) in [6.45, 7) is 7.15. The van der Waals surface area contributed by atoms with E-state index in [0.29, 0.717) is 6.54 Å². The van der Waals surface area contributed by atoms with Gasteiger partial charge in [0.05, 0.1) is 5.56 Å². The standard InChI is InChI=1S/C12H20N4O3/c1-4-16(5-2)7-6-13-11(17)9-8-15(3)14-10(9)12(18)19/h8H,4-7H2,1-3H3,(H,13,17)(H,18,19). The molecule has 0 saturated heterocycles. The number of hydrogen-bond acceptors (Lipinski definition) is 4. The van der Waals surface area contributed by atoms with Gasteiger partial charge in [-0.2, -0.15) is 5.10 Å². The number of nitrogens with one attached hydrogen (secondary N) is 1. The molecule has 1 rings (SSSR count). The lowest BCUT2D eigenvalue weighted by molar-refractivity contribution is 0.0684. The van der Waals surface area contributed by atoms with E-state index in [-0.39, 0.29) is 11.3 Å². The van der Waals surface area contributed by atoms with Gasteiger partial charge in [0.25, 0.3) is 5.91 Å². The van der Waals surface area contributed by atoms with Gasteiger partial charge in [-0.1, -0.05) is 13.8 Å². The number of carboxylic acids is 1. The Kier molecular flexibility index (Phi) is 5.50. The van der Waals surface area contributed by atoms with Crippen molar-refractivity contribution in [2.75, 3.05) is 26.2 Å². The number of hydrogen-bond donors (Lipinski definition) is 2. The van der Waals surface area contributed by atoms with Crippen LogP contribution in [0, 0.1) is 0 Å². The molecule has 0 saturated carbocycles. The van der Waals surface area contributed by atoms with E-state index in [9.17, 15) is 9.59 Å². The summed E-state index contributed by atoms with van der Waals surface area (Å²) in [7, 11) is 1.58. The van der Waals surface area contributed by atoms with Gasteiger partial charge in [0.15, 0.2) is 5.69 Å². The van der Waals surface area contributed by atoms with Gasteiger partial charge in [-0.15, -0.1) is 0 Å². The molecule has 0 spiro atoms. The summed E-state index contributed by atoms with van der Waals surface area (Å²) in [5.41, 5.74) is -0.127. The molecule has 0 aliphatic rings. The predicted octanol–water partition coefficient (Wildman–Crippen LogP) is 0.190. The molecule has 0 atom stereocenters. The highest BCUT2D eigenvalue weighted by atomic mass is 16.4. The minimum atomic E-state index is -1.20. The number of rotatable bonds is 7. The maximum Gasteiger partial charge on any atom is 0.357 e. The van der Waals surface area contributed by atoms with Crippen LogP contribution in [0.5, 0.6) is 0 Å². The van der Waals surface area contributed by atoms with Crippen molar-refractivity contribution in [3.05, 3.63) is 17.5 Å². The lowest BCUT2D eigenvalue weighted by atomic mass is 10.2. The summed E-state index contributed by atoms with van der Waals surface area (Å²) >= 11 is 0. The van der Waals surface area contributed by atoms with Crippen LogP contribution in [-0.2, 0) is 7.05 Å². The number of aromatic carboxylic acids is 1. The van der Waals surface area contributed by atoms with Crippen molar-refractivity contribution in [1.29, 1.82) is 0 Å². The zero-order valence-electron chi connectivity index (χ0n) is 11.5. The average molecular weight is 268 g/mol. The molecule has 0 unspecified atom stereocenters. The Labute approximate surface area is 112 Å². The summed E-state index contributed by atoms with van der Waals surface area (Å²) in [5, 5.41) is 15.4. The van der Waals surface area contributed by atoms with Gasteiger partial charge >= 0.3 is 5.97 Å². The Hall–Kier alpha value is -1.89. The molecule has 0 bridgehead atoms. The molecule has 0 aliphatic heterocycles. The van der Waals surface area contributed by atoms with Crippen LogP contribution in [-0.4, -0.2) is 57.8 Å². The van der Waals surface area contributed by atoms with E-state index in [1.165, 1.54) is 10.9 Å². The van der Waals surface area contributed by atoms with Crippen molar-refractivity contribution in [3.8, 4) is 0 Å². The highest BCUT2D eigenvalue weighted by Gasteiger charge is 2.20. The Morgan fingerprint density at radius 2 is 2.05 bits per heavy atom. The van der Waals surface area contributed by atoms with Crippen LogP contribution in [0.3, 0.4) is 0 Å². The Bertz CT molecular complexity index is 452. The van der Waals surface area contributed by atoms with E-state index in [4.69, 9.17) is 5.11 Å². The zero-order valence-corrected chi connectivity index (χ0v) is 11.5. The number of carbonyl (C=O) groups excluding carboxylic acids is 1. The number of amides is 1. The molecule has 7 heteroatoms. The molecular weight excluding hydrogens is 248 g/mol. The topological polar surface area (TPSA) is 87.5 Å². The molecular formula is C12H20N4O3. The van der Waals surface area contributed by atoms with Crippen molar-refractivity contribution < 1.29 is 14.7 Å². The Morgan fingerprint density at radius 1 is 1.42 bits per heavy atom. The maximum atomic E-state index is 11.9. The third kappa shape index (κ3) is 4.06. The van der Waals surface area contributed by atoms with Gasteiger partial charge in [-0.3, -0.25) is 9.48 Å². The molecule has 1 amide bonds. The lowest BCUT2D eigenvalue weighted by Crippen LogP contribution is -2.35. The fourth-order valence-electron chi connectivity index (χ4n) is 1.78. The van der Waals surface area contributed by atoms with Gasteiger partial charge in [0, 0.05) is 26.3 Å². The van der Waals surface area contributed by atoms with Crippen LogP contribution in [0.1, 0.15) is 34.7 Å². The van der Waals surface area contributed by atoms with Gasteiger partial charge in [0.1, 0.15) is 0 Å². The average Bonchev–Trinajstić information content (AvgIpc) is 2.77. The van der Waals surface area contributed by atoms with Crippen LogP contribution in [0.15, 0.2) is 6.20 Å². The maximum absolute atomic E-state index is 11.9. The summed E-state index contributed by atoms with van der Waals surface area (Å²) in [6.07, 6.45) is 1.41. The highest BCUT2D eigenvalue weighted by molar-refractivity contribution is 6.03. The van der Waals surface area contributed by atoms with Crippen LogP contribution in [0.2, 0.25) is 0 Å². The third-order valence-electron chi connectivity index (χ3n) is 2.88. The first-order valence-corrected chi connectivity index (χ1v) is 6.27. The SMILES string of the molecule is CCN(CC)CCNC(=O)c1cn(C)nc1C(=O)O. The smallest absolute Gasteiger partial charge is 0.357 e. The van der Waals surface area contributed by atoms with Crippen molar-refractivity contribution in [2.45, 2.75) is 13.8 Å². The zero-order chi connectivity index (χ0) is 14.4. The molecule has 1 heterocycles. The van der Waals surface area contributed by atoms with E-state index in [2.05, 4.69) is 29.2 Å². The van der Waals surface area contributed by atoms with Crippen molar-refractivity contribution >= 4 is 11.9 Å². The third-order valence-corrected chi connectivity index (χ3v) is 2.88. The molecule has 0 aliphatic carbocycles. The fourth-order valence-corrected chi connectivity index (χ4v) is 1.78. The second kappa shape index (κ2) is 6.89. The molecule has 106 valence electrons. The number of aromatic nitrogens is 2. The van der Waals surface area contributed by atoms with Gasteiger partial charge in [0.2, 0.25) is 0 Å². The van der Waals surface area contributed by atoms with E-state index in [0.717, 1.165) is 19.6 Å². The minimum absolute atomic E-state index is 0.0922. The van der Waals surface area contributed by atoms with E-state index < -0.39 is 11.9 Å². The Balaban J connectivity index is 2.61. The number of carboxylic acid groups (broad SMARTS) is 1. The first kappa shape index (κ1) is 15.2. The molecule has 1 aromatic rings. The fraction of sp³-hybridized carbons (Fsp3) is 0.583. The van der Waals surface area contributed by atoms with Crippen molar-refractivity contribution in [1.82, 2.24) is 20.0 Å². The number of carbonyl (C=O) groups is 2. The summed E-state index contributed by atoms with van der Waals surface area (Å²) < 4.78 is 1.32. The predicted molar refractivity (Wildman–Crippen MR) is 70.3 cm³/mol. The van der Waals surface area contributed by atoms with Gasteiger partial charge in [-0.25, -0.2) is 4.79 Å². The monoisotopic (exact) mass is 268 g/mol. The molecule has 1 aromatic heterocycles. The lowest BCUT2D eigenvalue weighted by Gasteiger charge is -2.17. The van der Waals surface area contributed by atoms with Crippen molar-refractivity contribution in [3.63, 3.8) is 0 Å². The van der Waals surface area contributed by atoms with E-state index >= 15 is 0 Å². The number of nitrogens with zero attached hydrogens (tertiary/aromatic N) is 3. The number of aryl methyl sites for hydroxylation is 1. The molecule has 0 aromatic carbocycles. The Morgan fingerprint density at radius 3 is 2.58 bits per heavy atom. The molecule has 19 heavy (non-hydrogen) atoms. The molecule has 0 fully saturated rings. The van der Waals surface area contributed by atoms with E-state index in [1.54, 1.807) is 7.05 Å². The van der Waals surface area contributed by atoms with Crippen LogP contribution in [0.25, 0.3) is 0 Å². The quantitative estimate of drug-likeness (QED) is 0.737. The largest absolute Gasteiger partial charge is 0.476 e. The first-order chi connectivity index (χ1) is 8.99. The second-order valence-corrected chi connectivity index (χ2v) is 4.15. The van der Waals surface area contributed by atoms with Crippen LogP contribution >= 0.6 is 0 Å². The molecule has 7 nitrogen and oxygen atoms in total.